The summed E-state index contributed by atoms with van der Waals surface area (Å²) < 4.78 is 12.6. The molecule has 788 valence electrons. The zero-order chi connectivity index (χ0) is 103. The molecule has 146 heavy (non-hydrogen) atoms. The van der Waals surface area contributed by atoms with E-state index in [1.165, 1.54) is 214 Å². The van der Waals surface area contributed by atoms with Crippen LogP contribution in [0.25, 0.3) is 43.1 Å². The van der Waals surface area contributed by atoms with E-state index in [0.29, 0.717) is 82.2 Å². The third kappa shape index (κ3) is 26.7. The first kappa shape index (κ1) is 111. The van der Waals surface area contributed by atoms with Gasteiger partial charge in [-0.1, -0.05) is 354 Å². The van der Waals surface area contributed by atoms with Gasteiger partial charge in [-0.3, -0.25) is 67.5 Å². The number of esters is 2. The second-order valence-electron chi connectivity index (χ2n) is 43.9. The molecule has 8 aliphatic rings. The molecule has 2 saturated carbocycles. The number of unbranched alkanes of at least 4 members (excludes halogenated alkanes) is 34. The first-order valence-electron chi connectivity index (χ1n) is 57.0. The van der Waals surface area contributed by atoms with Crippen LogP contribution in [-0.4, -0.2) is 119 Å². The fraction of sp³-hybridized carbons (Fsp3) is 0.607. The quantitative estimate of drug-likeness (QED) is 0.00897. The van der Waals surface area contributed by atoms with Crippen molar-refractivity contribution < 1.29 is 67.0 Å². The van der Waals surface area contributed by atoms with Gasteiger partial charge in [-0.2, -0.15) is 0 Å². The summed E-state index contributed by atoms with van der Waals surface area (Å²) in [7, 11) is 0. The number of anilines is 2. The van der Waals surface area contributed by atoms with E-state index >= 15 is 19.2 Å². The van der Waals surface area contributed by atoms with E-state index in [0.717, 1.165) is 111 Å². The number of nitrogens with zero attached hydrogens (tertiary/aromatic N) is 4. The molecule has 24 heteroatoms. The molecule has 4 heterocycles. The topological polar surface area (TPSA) is 260 Å². The van der Waals surface area contributed by atoms with Gasteiger partial charge in [0.2, 0.25) is 35.4 Å². The summed E-state index contributed by atoms with van der Waals surface area (Å²) in [4.78, 5) is 178. The highest BCUT2D eigenvalue weighted by atomic mass is 35.5. The van der Waals surface area contributed by atoms with Crippen LogP contribution in [0.1, 0.15) is 414 Å². The molecule has 7 aromatic rings. The lowest BCUT2D eigenvalue weighted by Crippen LogP contribution is -2.43. The molecule has 4 bridgehead atoms. The number of aryl methyl sites for hydroxylation is 2. The van der Waals surface area contributed by atoms with Gasteiger partial charge in [0, 0.05) is 89.1 Å². The van der Waals surface area contributed by atoms with Gasteiger partial charge >= 0.3 is 11.9 Å². The van der Waals surface area contributed by atoms with Gasteiger partial charge in [0.15, 0.2) is 0 Å². The summed E-state index contributed by atoms with van der Waals surface area (Å²) in [6, 6.07) is 18.8. The van der Waals surface area contributed by atoms with E-state index in [4.69, 9.17) is 55.9 Å². The van der Waals surface area contributed by atoms with Gasteiger partial charge in [0.05, 0.1) is 70.5 Å². The molecule has 20 nitrogen and oxygen atoms in total. The first-order chi connectivity index (χ1) is 71.0. The largest absolute Gasteiger partial charge is 0.464 e. The van der Waals surface area contributed by atoms with E-state index < -0.39 is 47.7 Å². The Morgan fingerprint density at radius 1 is 0.308 bits per heavy atom. The minimum Gasteiger partial charge on any atom is -0.464 e. The molecule has 4 unspecified atom stereocenters. The fourth-order valence-corrected chi connectivity index (χ4v) is 26.5. The molecule has 0 spiro atoms. The SMILES string of the molecule is CCCCCCCCCCCCC(CCCCCCCCCC)COC(=O)C(CCCCN1C(=O)c2cc(Cl)c3c4c(Cl)cc5c6c(cc(Cl)c(c7c(Cl)cc(c2c37)C1=O)c64)C(=O)N(CCCCC(NC(=O)CCCc1ccc(N2C(=O)[C@@H]3[C@H](C2=O)[C@@H]2C=C[C@H]3C2)cc1)C(=O)OCC(CCCCCCCCCC)CCCCCCCCCCCC)C5=O)NC(=O)CCCc1ccc(N2C(=O)[C@@H]3[C@H](C2=O)[C@@H]2C=C[C@H]3C2)cc1. The number of amides is 10. The minimum atomic E-state index is -1.03. The highest BCUT2D eigenvalue weighted by molar-refractivity contribution is 6.56. The van der Waals surface area contributed by atoms with Gasteiger partial charge < -0.3 is 20.1 Å². The molecule has 7 aromatic carbocycles. The molecular weight excluding hydrogens is 1920 g/mol. The lowest BCUT2D eigenvalue weighted by atomic mass is 9.82. The molecule has 2 saturated heterocycles. The van der Waals surface area contributed by atoms with E-state index in [1.54, 1.807) is 24.3 Å². The first-order valence-corrected chi connectivity index (χ1v) is 58.5. The van der Waals surface area contributed by atoms with Crippen LogP contribution < -0.4 is 20.4 Å². The Bertz CT molecular complexity index is 5270. The van der Waals surface area contributed by atoms with E-state index in [9.17, 15) is 38.4 Å². The van der Waals surface area contributed by atoms with Gasteiger partial charge in [-0.05, 0) is 198 Å². The van der Waals surface area contributed by atoms with Crippen molar-refractivity contribution in [3.63, 3.8) is 0 Å². The molecule has 10 amide bonds. The normalized spacial score (nSPS) is 19.9. The Balaban J connectivity index is 0.607. The van der Waals surface area contributed by atoms with Gasteiger partial charge in [0.25, 0.3) is 23.6 Å². The summed E-state index contributed by atoms with van der Waals surface area (Å²) in [5.74, 6) is -5.31. The van der Waals surface area contributed by atoms with Crippen LogP contribution in [0.15, 0.2) is 97.1 Å². The number of ether oxygens (including phenoxy) is 2. The number of hydrogen-bond donors (Lipinski definition) is 2. The third-order valence-corrected chi connectivity index (χ3v) is 34.6. The van der Waals surface area contributed by atoms with Crippen LogP contribution in [0.5, 0.6) is 0 Å². The van der Waals surface area contributed by atoms with Crippen LogP contribution in [0.2, 0.25) is 20.1 Å². The number of rotatable bonds is 68. The van der Waals surface area contributed by atoms with Gasteiger partial charge in [-0.15, -0.1) is 0 Å². The lowest BCUT2D eigenvalue weighted by molar-refractivity contribution is -0.150. The molecule has 0 radical (unpaired) electrons. The molecule has 4 aliphatic carbocycles. The maximum absolute atomic E-state index is 15.3. The molecule has 4 fully saturated rings. The second kappa shape index (κ2) is 54.6. The predicted molar refractivity (Wildman–Crippen MR) is 585 cm³/mol. The molecule has 2 N–H and O–H groups in total. The Labute approximate surface area is 885 Å². The van der Waals surface area contributed by atoms with E-state index in [-0.39, 0.29) is 213 Å². The monoisotopic (exact) mass is 2070 g/mol. The second-order valence-corrected chi connectivity index (χ2v) is 45.5. The average Bonchev–Trinajstić information content (AvgIpc) is 0.822. The highest BCUT2D eigenvalue weighted by Gasteiger charge is 2.61. The number of benzene rings is 7. The number of carbonyl (C=O) groups excluding carboxylic acids is 12. The van der Waals surface area contributed by atoms with E-state index in [2.05, 4.69) is 62.6 Å². The van der Waals surface area contributed by atoms with Crippen molar-refractivity contribution in [1.29, 1.82) is 0 Å². The maximum atomic E-state index is 15.3. The van der Waals surface area contributed by atoms with Crippen molar-refractivity contribution in [3.05, 3.63) is 151 Å². The smallest absolute Gasteiger partial charge is 0.328 e. The van der Waals surface area contributed by atoms with Crippen LogP contribution in [-0.2, 0) is 60.7 Å². The molecule has 12 atom stereocenters. The Hall–Kier alpha value is -9.08. The predicted octanol–water partition coefficient (Wildman–Crippen LogP) is 29.5. The summed E-state index contributed by atoms with van der Waals surface area (Å²) in [5, 5.41) is 8.92. The summed E-state index contributed by atoms with van der Waals surface area (Å²) in [6.45, 7) is 9.27. The van der Waals surface area contributed by atoms with Gasteiger partial charge in [0.1, 0.15) is 12.1 Å². The standard InChI is InChI=1S/C122H158Cl4N6O14/c1-5-9-13-17-21-25-27-31-35-39-49-81(47-37-33-29-23-19-15-11-7-3)77-145-121(143)97(127-99(133)55-45-51-79-57-65-87(66-58-79)131-117(139)101-83-61-62-84(71-83)102(101)118(131)140)53-41-43-69-129-113(135)89-73-93(123)107-109-95(125)75-91-106-92(76-96(126)110(112(106)109)108-94(124)74-90(114(129)136)105(89)111(107)108)116(138)130(115(91)137)70-44-42-54-98(122(144)146-78-82(48-38-34-30-24-20-16-12-8-4)50-40-36-32-28-26-22-18-14-10-6-2)128-100(134)56-46-52-80-59-67-88(68-60-80)132-119(141)103-85-63-64-86(72-85)104(103)120(132)142/h57-68,73-76,81-86,97-98,101-104H,5-56,69-72,77-78H2,1-4H3,(H,127,133)(H,128,134)/t81?,82?,83-,84+,85-,86+,97?,98?,101-,102+,103-,104+. The Morgan fingerprint density at radius 2 is 0.555 bits per heavy atom. The summed E-state index contributed by atoms with van der Waals surface area (Å²) in [5.41, 5.74) is 3.42. The van der Waals surface area contributed by atoms with Crippen LogP contribution in [0.4, 0.5) is 11.4 Å². The molecule has 0 aromatic heterocycles. The van der Waals surface area contributed by atoms with Gasteiger partial charge in [-0.25, -0.2) is 9.59 Å². The highest BCUT2D eigenvalue weighted by Crippen LogP contribution is 2.57. The third-order valence-electron chi connectivity index (χ3n) is 33.4. The van der Waals surface area contributed by atoms with E-state index in [1.807, 2.05) is 24.3 Å². The number of hydrogen-bond acceptors (Lipinski definition) is 14. The number of imide groups is 4. The van der Waals surface area contributed by atoms with Crippen LogP contribution >= 0.6 is 46.4 Å². The van der Waals surface area contributed by atoms with Crippen molar-refractivity contribution in [2.75, 3.05) is 36.1 Å². The summed E-state index contributed by atoms with van der Waals surface area (Å²) in [6.07, 6.45) is 60.7. The number of nitrogens with one attached hydrogen (secondary N) is 2. The fourth-order valence-electron chi connectivity index (χ4n) is 25.3. The molecule has 4 aliphatic heterocycles. The zero-order valence-corrected chi connectivity index (χ0v) is 90.2. The maximum Gasteiger partial charge on any atom is 0.328 e. The molecule has 15 rings (SSSR count). The van der Waals surface area contributed by atoms with Crippen molar-refractivity contribution in [1.82, 2.24) is 20.4 Å². The average molecular weight is 2070 g/mol. The Kier molecular flexibility index (Phi) is 41.5. The van der Waals surface area contributed by atoms with Crippen molar-refractivity contribution in [3.8, 4) is 0 Å². The number of allylic oxidation sites excluding steroid dienone is 4. The van der Waals surface area contributed by atoms with Crippen LogP contribution in [0.3, 0.4) is 0 Å². The number of carbonyl (C=O) groups is 12. The minimum absolute atomic E-state index is 0.0706. The van der Waals surface area contributed by atoms with Crippen LogP contribution in [0, 0.1) is 59.2 Å². The lowest BCUT2D eigenvalue weighted by Gasteiger charge is -2.31. The van der Waals surface area contributed by atoms with Crippen molar-refractivity contribution in [2.45, 2.75) is 387 Å². The zero-order valence-electron chi connectivity index (χ0n) is 87.2. The van der Waals surface area contributed by atoms with Crippen molar-refractivity contribution >= 4 is 172 Å². The molecular formula is C122H158Cl4N6O14. The Morgan fingerprint density at radius 3 is 0.815 bits per heavy atom. The summed E-state index contributed by atoms with van der Waals surface area (Å²) >= 11 is 30.1. The van der Waals surface area contributed by atoms with Crippen molar-refractivity contribution in [2.24, 2.45) is 59.2 Å². The number of halogens is 4. The number of fused-ring (bicyclic) bond motifs is 12.